The topological polar surface area (TPSA) is 75.6 Å². The molecular weight excluding hydrogens is 282 g/mol. The van der Waals surface area contributed by atoms with E-state index in [1.807, 2.05) is 0 Å². The van der Waals surface area contributed by atoms with Crippen LogP contribution in [0.1, 0.15) is 52.4 Å². The number of aliphatic carboxylic acids is 1. The number of rotatable bonds is 7. The Balaban J connectivity index is 1.91. The minimum atomic E-state index is -0.807. The van der Waals surface area contributed by atoms with Crippen molar-refractivity contribution in [3.05, 3.63) is 0 Å². The highest BCUT2D eigenvalue weighted by atomic mass is 16.5. The molecule has 2 N–H and O–H groups in total. The Bertz CT molecular complexity index is 397. The van der Waals surface area contributed by atoms with E-state index < -0.39 is 11.9 Å². The van der Waals surface area contributed by atoms with Crippen LogP contribution in [-0.2, 0) is 14.3 Å². The van der Waals surface area contributed by atoms with E-state index in [-0.39, 0.29) is 23.8 Å². The average molecular weight is 311 g/mol. The Morgan fingerprint density at radius 2 is 1.91 bits per heavy atom. The smallest absolute Gasteiger partial charge is 0.308 e. The summed E-state index contributed by atoms with van der Waals surface area (Å²) in [6.45, 7) is 5.77. The second-order valence-electron chi connectivity index (χ2n) is 7.34. The van der Waals surface area contributed by atoms with Gasteiger partial charge < -0.3 is 15.2 Å². The summed E-state index contributed by atoms with van der Waals surface area (Å²) in [5.74, 6) is -0.653. The van der Waals surface area contributed by atoms with Gasteiger partial charge in [0.05, 0.1) is 5.92 Å². The molecule has 2 rings (SSSR count). The van der Waals surface area contributed by atoms with Crippen molar-refractivity contribution in [3.8, 4) is 0 Å². The first-order valence-corrected chi connectivity index (χ1v) is 8.53. The predicted molar refractivity (Wildman–Crippen MR) is 83.4 cm³/mol. The molecule has 2 fully saturated rings. The number of amides is 1. The maximum absolute atomic E-state index is 12.6. The summed E-state index contributed by atoms with van der Waals surface area (Å²) in [7, 11) is 0. The molecule has 1 amide bonds. The fourth-order valence-electron chi connectivity index (χ4n) is 3.87. The Hall–Kier alpha value is -1.10. The van der Waals surface area contributed by atoms with Gasteiger partial charge in [0.2, 0.25) is 5.91 Å². The van der Waals surface area contributed by atoms with Gasteiger partial charge in [-0.1, -0.05) is 20.3 Å². The molecule has 1 unspecified atom stereocenters. The predicted octanol–water partition coefficient (Wildman–Crippen LogP) is 2.45. The van der Waals surface area contributed by atoms with Gasteiger partial charge in [0.1, 0.15) is 0 Å². The van der Waals surface area contributed by atoms with E-state index >= 15 is 0 Å². The summed E-state index contributed by atoms with van der Waals surface area (Å²) in [4.78, 5) is 24.1. The third kappa shape index (κ3) is 4.00. The van der Waals surface area contributed by atoms with Gasteiger partial charge >= 0.3 is 5.97 Å². The second kappa shape index (κ2) is 7.44. The molecule has 1 atom stereocenters. The van der Waals surface area contributed by atoms with E-state index in [0.717, 1.165) is 38.5 Å². The zero-order chi connectivity index (χ0) is 16.2. The summed E-state index contributed by atoms with van der Waals surface area (Å²) in [5.41, 5.74) is -0.243. The SMILES string of the molecule is CC(C)CC1(C(=O)NCC(C(=O)O)C2CCOCC2)CCC1. The monoisotopic (exact) mass is 311 g/mol. The van der Waals surface area contributed by atoms with Crippen molar-refractivity contribution in [2.45, 2.75) is 52.4 Å². The molecule has 0 bridgehead atoms. The third-order valence-electron chi connectivity index (χ3n) is 5.23. The molecule has 0 radical (unpaired) electrons. The number of hydrogen-bond donors (Lipinski definition) is 2. The van der Waals surface area contributed by atoms with Gasteiger partial charge in [-0.15, -0.1) is 0 Å². The zero-order valence-electron chi connectivity index (χ0n) is 13.8. The van der Waals surface area contributed by atoms with E-state index in [1.54, 1.807) is 0 Å². The maximum atomic E-state index is 12.6. The van der Waals surface area contributed by atoms with Crippen LogP contribution in [0.3, 0.4) is 0 Å². The molecular formula is C17H29NO4. The molecule has 0 aromatic rings. The quantitative estimate of drug-likeness (QED) is 0.757. The highest BCUT2D eigenvalue weighted by Crippen LogP contribution is 2.46. The fourth-order valence-corrected chi connectivity index (χ4v) is 3.87. The molecule has 22 heavy (non-hydrogen) atoms. The molecule has 0 aromatic heterocycles. The van der Waals surface area contributed by atoms with Crippen molar-refractivity contribution in [1.82, 2.24) is 5.32 Å². The minimum Gasteiger partial charge on any atom is -0.481 e. The number of carbonyl (C=O) groups is 2. The Morgan fingerprint density at radius 1 is 1.27 bits per heavy atom. The van der Waals surface area contributed by atoms with Gasteiger partial charge in [-0.25, -0.2) is 0 Å². The summed E-state index contributed by atoms with van der Waals surface area (Å²) in [6, 6.07) is 0. The van der Waals surface area contributed by atoms with E-state index in [0.29, 0.717) is 19.1 Å². The number of carboxylic acids is 1. The van der Waals surface area contributed by atoms with E-state index in [1.165, 1.54) is 0 Å². The largest absolute Gasteiger partial charge is 0.481 e. The van der Waals surface area contributed by atoms with Gasteiger partial charge in [-0.05, 0) is 43.9 Å². The molecule has 1 saturated carbocycles. The lowest BCUT2D eigenvalue weighted by Gasteiger charge is -2.42. The van der Waals surface area contributed by atoms with Crippen LogP contribution in [0.5, 0.6) is 0 Å². The van der Waals surface area contributed by atoms with Gasteiger partial charge in [-0.3, -0.25) is 9.59 Å². The van der Waals surface area contributed by atoms with Gasteiger partial charge in [0.25, 0.3) is 0 Å². The zero-order valence-corrected chi connectivity index (χ0v) is 13.8. The standard InChI is InChI=1S/C17H29NO4/c1-12(2)10-17(6-3-7-17)16(21)18-11-14(15(19)20)13-4-8-22-9-5-13/h12-14H,3-11H2,1-2H3,(H,18,21)(H,19,20). The normalized spacial score (nSPS) is 22.9. The minimum absolute atomic E-state index is 0.0609. The average Bonchev–Trinajstić information content (AvgIpc) is 2.43. The van der Waals surface area contributed by atoms with Crippen LogP contribution in [0.4, 0.5) is 0 Å². The number of carbonyl (C=O) groups excluding carboxylic acids is 1. The van der Waals surface area contributed by atoms with Crippen LogP contribution in [-0.4, -0.2) is 36.7 Å². The summed E-state index contributed by atoms with van der Waals surface area (Å²) < 4.78 is 5.30. The van der Waals surface area contributed by atoms with E-state index in [2.05, 4.69) is 19.2 Å². The van der Waals surface area contributed by atoms with Crippen LogP contribution in [0.15, 0.2) is 0 Å². The van der Waals surface area contributed by atoms with Crippen molar-refractivity contribution in [1.29, 1.82) is 0 Å². The molecule has 5 nitrogen and oxygen atoms in total. The lowest BCUT2D eigenvalue weighted by atomic mass is 9.64. The highest BCUT2D eigenvalue weighted by Gasteiger charge is 2.44. The van der Waals surface area contributed by atoms with Crippen LogP contribution in [0.25, 0.3) is 0 Å². The van der Waals surface area contributed by atoms with Crippen molar-refractivity contribution < 1.29 is 19.4 Å². The van der Waals surface area contributed by atoms with Crippen molar-refractivity contribution in [2.24, 2.45) is 23.2 Å². The van der Waals surface area contributed by atoms with E-state index in [9.17, 15) is 14.7 Å². The van der Waals surface area contributed by atoms with Crippen LogP contribution >= 0.6 is 0 Å². The fraction of sp³-hybridized carbons (Fsp3) is 0.882. The Labute approximate surface area is 132 Å². The first-order valence-electron chi connectivity index (χ1n) is 8.53. The second-order valence-corrected chi connectivity index (χ2v) is 7.34. The highest BCUT2D eigenvalue weighted by molar-refractivity contribution is 5.84. The number of nitrogens with one attached hydrogen (secondary N) is 1. The van der Waals surface area contributed by atoms with Crippen molar-refractivity contribution >= 4 is 11.9 Å². The molecule has 1 saturated heterocycles. The molecule has 126 valence electrons. The molecule has 5 heteroatoms. The molecule has 1 aliphatic heterocycles. The maximum Gasteiger partial charge on any atom is 0.308 e. The first-order chi connectivity index (χ1) is 10.4. The Morgan fingerprint density at radius 3 is 2.36 bits per heavy atom. The summed E-state index contributed by atoms with van der Waals surface area (Å²) in [5, 5.41) is 12.4. The van der Waals surface area contributed by atoms with Crippen LogP contribution in [0.2, 0.25) is 0 Å². The molecule has 1 aliphatic carbocycles. The Kier molecular flexibility index (Phi) is 5.84. The van der Waals surface area contributed by atoms with Crippen LogP contribution < -0.4 is 5.32 Å². The molecule has 2 aliphatic rings. The van der Waals surface area contributed by atoms with Gasteiger partial charge in [-0.2, -0.15) is 0 Å². The van der Waals surface area contributed by atoms with Crippen molar-refractivity contribution in [2.75, 3.05) is 19.8 Å². The van der Waals surface area contributed by atoms with Crippen molar-refractivity contribution in [3.63, 3.8) is 0 Å². The van der Waals surface area contributed by atoms with Crippen LogP contribution in [0, 0.1) is 23.2 Å². The molecule has 1 heterocycles. The number of carboxylic acid groups (broad SMARTS) is 1. The number of hydrogen-bond acceptors (Lipinski definition) is 3. The summed E-state index contributed by atoms with van der Waals surface area (Å²) in [6.07, 6.45) is 5.41. The van der Waals surface area contributed by atoms with Gasteiger partial charge in [0, 0.05) is 25.2 Å². The molecule has 0 spiro atoms. The lowest BCUT2D eigenvalue weighted by molar-refractivity contribution is -0.145. The summed E-state index contributed by atoms with van der Waals surface area (Å²) >= 11 is 0. The lowest BCUT2D eigenvalue weighted by Crippen LogP contribution is -2.49. The van der Waals surface area contributed by atoms with Gasteiger partial charge in [0.15, 0.2) is 0 Å². The first kappa shape index (κ1) is 17.3. The van der Waals surface area contributed by atoms with E-state index in [4.69, 9.17) is 4.74 Å². The number of ether oxygens (including phenoxy) is 1. The molecule has 0 aromatic carbocycles. The third-order valence-corrected chi connectivity index (χ3v) is 5.23.